The molecular weight excluding hydrogens is 504 g/mol. The summed E-state index contributed by atoms with van der Waals surface area (Å²) in [6, 6.07) is 18.2. The smallest absolute Gasteiger partial charge is 0.252 e. The molecule has 4 aromatic heterocycles. The number of furan rings is 1. The number of fused-ring (bicyclic) bond motifs is 4. The fraction of sp³-hybridized carbons (Fsp3) is 0.148. The molecule has 7 rings (SSSR count). The summed E-state index contributed by atoms with van der Waals surface area (Å²) >= 11 is 6.25. The molecule has 188 valence electrons. The van der Waals surface area contributed by atoms with Gasteiger partial charge in [0, 0.05) is 18.1 Å². The van der Waals surface area contributed by atoms with Gasteiger partial charge in [0.2, 0.25) is 11.8 Å². The number of amides is 1. The van der Waals surface area contributed by atoms with Crippen LogP contribution in [-0.2, 0) is 17.8 Å². The third-order valence-electron chi connectivity index (χ3n) is 6.88. The second-order valence-electron chi connectivity index (χ2n) is 9.18. The lowest BCUT2D eigenvalue weighted by atomic mass is 9.98. The average molecular weight is 525 g/mol. The van der Waals surface area contributed by atoms with Gasteiger partial charge in [-0.05, 0) is 47.4 Å². The Hall–Kier alpha value is -4.70. The quantitative estimate of drug-likeness (QED) is 0.368. The summed E-state index contributed by atoms with van der Waals surface area (Å²) in [6.07, 6.45) is 3.95. The van der Waals surface area contributed by atoms with Gasteiger partial charge in [0.1, 0.15) is 0 Å². The first-order valence-corrected chi connectivity index (χ1v) is 12.5. The molecule has 2 N–H and O–H groups in total. The molecule has 0 spiro atoms. The molecule has 0 saturated heterocycles. The van der Waals surface area contributed by atoms with Crippen LogP contribution in [0.5, 0.6) is 0 Å². The Bertz CT molecular complexity index is 1810. The first kappa shape index (κ1) is 22.5. The number of anilines is 1. The van der Waals surface area contributed by atoms with Crippen LogP contribution in [0.3, 0.4) is 0 Å². The van der Waals surface area contributed by atoms with E-state index in [2.05, 4.69) is 20.2 Å². The molecule has 38 heavy (non-hydrogen) atoms. The Morgan fingerprint density at radius 3 is 2.71 bits per heavy atom. The normalized spacial score (nSPS) is 14.2. The van der Waals surface area contributed by atoms with Gasteiger partial charge in [-0.25, -0.2) is 9.67 Å². The molecule has 0 saturated carbocycles. The monoisotopic (exact) mass is 524 g/mol. The lowest BCUT2D eigenvalue weighted by Gasteiger charge is -2.32. The van der Waals surface area contributed by atoms with Gasteiger partial charge in [-0.15, -0.1) is 5.10 Å². The van der Waals surface area contributed by atoms with Crippen LogP contribution in [0.15, 0.2) is 77.5 Å². The topological polar surface area (TPSA) is 120 Å². The lowest BCUT2D eigenvalue weighted by Crippen LogP contribution is -2.41. The van der Waals surface area contributed by atoms with Crippen LogP contribution in [0.4, 0.5) is 5.95 Å². The van der Waals surface area contributed by atoms with Crippen LogP contribution in [0, 0.1) is 0 Å². The number of carbonyl (C=O) groups is 1. The van der Waals surface area contributed by atoms with E-state index in [4.69, 9.17) is 21.8 Å². The third-order valence-corrected chi connectivity index (χ3v) is 7.12. The summed E-state index contributed by atoms with van der Waals surface area (Å²) < 4.78 is 8.53. The Kier molecular flexibility index (Phi) is 5.15. The molecule has 0 fully saturated rings. The number of halogens is 1. The number of nitrogens with two attached hydrogens (primary N) is 1. The van der Waals surface area contributed by atoms with E-state index in [0.29, 0.717) is 46.4 Å². The van der Waals surface area contributed by atoms with Crippen LogP contribution in [0.1, 0.15) is 22.7 Å². The summed E-state index contributed by atoms with van der Waals surface area (Å²) in [7, 11) is 0. The van der Waals surface area contributed by atoms with Gasteiger partial charge < -0.3 is 15.1 Å². The highest BCUT2D eigenvalue weighted by molar-refractivity contribution is 6.30. The van der Waals surface area contributed by atoms with Gasteiger partial charge in [0.05, 0.1) is 17.8 Å². The minimum Gasteiger partial charge on any atom is -0.461 e. The molecule has 1 atom stereocenters. The maximum absolute atomic E-state index is 14.2. The van der Waals surface area contributed by atoms with Crippen molar-refractivity contribution in [2.45, 2.75) is 19.0 Å². The molecule has 0 bridgehead atoms. The van der Waals surface area contributed by atoms with Crippen molar-refractivity contribution in [3.05, 3.63) is 94.8 Å². The van der Waals surface area contributed by atoms with Crippen LogP contribution in [0.2, 0.25) is 5.02 Å². The van der Waals surface area contributed by atoms with E-state index in [1.807, 2.05) is 53.4 Å². The molecule has 1 aliphatic rings. The SMILES string of the molecule is Nc1nc2c(cnn2C(C(=O)N2CCc3ccc(Cl)cc3C2)c2ccccc2)c2nc(-c3ccco3)nn12. The number of aromatic nitrogens is 6. The van der Waals surface area contributed by atoms with Gasteiger partial charge >= 0.3 is 0 Å². The Morgan fingerprint density at radius 1 is 1.03 bits per heavy atom. The number of nitrogens with zero attached hydrogens (tertiary/aromatic N) is 7. The molecule has 0 radical (unpaired) electrons. The van der Waals surface area contributed by atoms with E-state index < -0.39 is 6.04 Å². The Morgan fingerprint density at radius 2 is 1.89 bits per heavy atom. The summed E-state index contributed by atoms with van der Waals surface area (Å²) in [4.78, 5) is 25.3. The van der Waals surface area contributed by atoms with E-state index in [0.717, 1.165) is 17.5 Å². The lowest BCUT2D eigenvalue weighted by molar-refractivity contribution is -0.134. The molecule has 2 aromatic carbocycles. The van der Waals surface area contributed by atoms with Crippen molar-refractivity contribution in [3.63, 3.8) is 0 Å². The van der Waals surface area contributed by atoms with Crippen LogP contribution in [-0.4, -0.2) is 46.7 Å². The van der Waals surface area contributed by atoms with Crippen molar-refractivity contribution in [2.24, 2.45) is 0 Å². The van der Waals surface area contributed by atoms with E-state index in [9.17, 15) is 4.79 Å². The van der Waals surface area contributed by atoms with E-state index >= 15 is 0 Å². The predicted octanol–water partition coefficient (Wildman–Crippen LogP) is 4.14. The van der Waals surface area contributed by atoms with Crippen molar-refractivity contribution >= 4 is 40.1 Å². The molecule has 1 unspecified atom stereocenters. The second-order valence-corrected chi connectivity index (χ2v) is 9.62. The van der Waals surface area contributed by atoms with Crippen LogP contribution >= 0.6 is 11.6 Å². The highest BCUT2D eigenvalue weighted by Crippen LogP contribution is 2.30. The van der Waals surface area contributed by atoms with Crippen molar-refractivity contribution in [1.29, 1.82) is 0 Å². The average Bonchev–Trinajstić information content (AvgIpc) is 3.69. The highest BCUT2D eigenvalue weighted by Gasteiger charge is 2.32. The number of hydrogen-bond donors (Lipinski definition) is 1. The summed E-state index contributed by atoms with van der Waals surface area (Å²) in [5.74, 6) is 0.923. The van der Waals surface area contributed by atoms with Crippen molar-refractivity contribution < 1.29 is 9.21 Å². The number of nitrogen functional groups attached to an aromatic ring is 1. The van der Waals surface area contributed by atoms with E-state index in [1.165, 1.54) is 10.1 Å². The zero-order valence-corrected chi connectivity index (χ0v) is 20.8. The second kappa shape index (κ2) is 8.70. The van der Waals surface area contributed by atoms with Gasteiger partial charge in [-0.3, -0.25) is 4.79 Å². The summed E-state index contributed by atoms with van der Waals surface area (Å²) in [6.45, 7) is 1.06. The van der Waals surface area contributed by atoms with Gasteiger partial charge in [0.25, 0.3) is 5.91 Å². The first-order chi connectivity index (χ1) is 18.6. The van der Waals surface area contributed by atoms with E-state index in [-0.39, 0.29) is 11.9 Å². The van der Waals surface area contributed by atoms with Gasteiger partial charge in [0.15, 0.2) is 23.1 Å². The highest BCUT2D eigenvalue weighted by atomic mass is 35.5. The minimum atomic E-state index is -0.753. The van der Waals surface area contributed by atoms with E-state index in [1.54, 1.807) is 29.3 Å². The first-order valence-electron chi connectivity index (χ1n) is 12.1. The fourth-order valence-electron chi connectivity index (χ4n) is 5.04. The fourth-order valence-corrected chi connectivity index (χ4v) is 5.23. The molecule has 6 aromatic rings. The third kappa shape index (κ3) is 3.60. The molecule has 5 heterocycles. The number of benzene rings is 2. The zero-order chi connectivity index (χ0) is 25.8. The molecule has 0 aliphatic carbocycles. The van der Waals surface area contributed by atoms with Crippen molar-refractivity contribution in [1.82, 2.24) is 34.3 Å². The standard InChI is InChI=1S/C27H21ClN8O2/c28-19-9-8-16-10-11-34(15-18(16)13-19)26(37)22(17-5-2-1-3-6-17)35-25-20(14-30-35)24-31-23(21-7-4-12-38-21)33-36(24)27(29)32-25/h1-9,12-14,22H,10-11,15H2,(H2,29,32). The number of rotatable bonds is 4. The molecule has 11 heteroatoms. The van der Waals surface area contributed by atoms with Gasteiger partial charge in [-0.1, -0.05) is 48.0 Å². The Labute approximate surface area is 221 Å². The van der Waals surface area contributed by atoms with Crippen molar-refractivity contribution in [3.8, 4) is 11.6 Å². The summed E-state index contributed by atoms with van der Waals surface area (Å²) in [5, 5.41) is 10.4. The molecule has 10 nitrogen and oxygen atoms in total. The molecule has 1 aliphatic heterocycles. The summed E-state index contributed by atoms with van der Waals surface area (Å²) in [5.41, 5.74) is 10.3. The zero-order valence-electron chi connectivity index (χ0n) is 20.0. The minimum absolute atomic E-state index is 0.0928. The predicted molar refractivity (Wildman–Crippen MR) is 141 cm³/mol. The van der Waals surface area contributed by atoms with Gasteiger partial charge in [-0.2, -0.15) is 14.6 Å². The number of hydrogen-bond acceptors (Lipinski definition) is 7. The maximum Gasteiger partial charge on any atom is 0.252 e. The van der Waals surface area contributed by atoms with Crippen LogP contribution in [0.25, 0.3) is 28.3 Å². The number of carbonyl (C=O) groups excluding carboxylic acids is 1. The van der Waals surface area contributed by atoms with Crippen molar-refractivity contribution in [2.75, 3.05) is 12.3 Å². The largest absolute Gasteiger partial charge is 0.461 e. The van der Waals surface area contributed by atoms with Crippen LogP contribution < -0.4 is 5.73 Å². The molecule has 1 amide bonds. The maximum atomic E-state index is 14.2. The Balaban J connectivity index is 1.35. The molecular formula is C27H21ClN8O2.